The van der Waals surface area contributed by atoms with Crippen molar-refractivity contribution in [1.82, 2.24) is 29.5 Å². The Kier molecular flexibility index (Phi) is 10.4. The van der Waals surface area contributed by atoms with E-state index >= 15 is 0 Å². The average Bonchev–Trinajstić information content (AvgIpc) is 3.61. The number of alkyl halides is 2. The molecular formula is C30H39F2N7O6. The van der Waals surface area contributed by atoms with E-state index < -0.39 is 34.7 Å². The number of aryl methyl sites for hydroxylation is 1. The van der Waals surface area contributed by atoms with E-state index in [0.29, 0.717) is 36.6 Å². The molecule has 1 atom stereocenters. The second-order valence-electron chi connectivity index (χ2n) is 12.0. The summed E-state index contributed by atoms with van der Waals surface area (Å²) in [6.07, 6.45) is 4.45. The molecule has 2 amide bonds. The highest BCUT2D eigenvalue weighted by molar-refractivity contribution is 6.00. The first kappa shape index (κ1) is 32.4. The number of halogens is 2. The zero-order valence-corrected chi connectivity index (χ0v) is 25.3. The number of fused-ring (bicyclic) bond motifs is 1. The van der Waals surface area contributed by atoms with Crippen LogP contribution in [-0.2, 0) is 20.7 Å². The predicted octanol–water partition coefficient (Wildman–Crippen LogP) is 4.05. The standard InChI is InChI=1S/C30H39F2N7O6/c1-36(14-13-19-7-9-21(10-8-19)37-18-24(39(43)44)27(35-37)28(31)32)15-17-45-16-3-5-20-4-2-6-22-26(20)34-30(42)38(22)23-11-12-25(40)33-29(23)41/h2,4,6,18-19,21,23,28H,3,5,7-17H2,1H3,(H,34,42)(H,33,40,41). The van der Waals surface area contributed by atoms with E-state index in [4.69, 9.17) is 4.74 Å². The topological polar surface area (TPSA) is 157 Å². The molecule has 2 aliphatic rings. The lowest BCUT2D eigenvalue weighted by Gasteiger charge is -2.29. The van der Waals surface area contributed by atoms with Gasteiger partial charge in [-0.25, -0.2) is 13.6 Å². The van der Waals surface area contributed by atoms with Crippen molar-refractivity contribution in [3.63, 3.8) is 0 Å². The quantitative estimate of drug-likeness (QED) is 0.117. The monoisotopic (exact) mass is 631 g/mol. The molecule has 13 nitrogen and oxygen atoms in total. The number of aromatic nitrogens is 4. The zero-order chi connectivity index (χ0) is 32.1. The minimum absolute atomic E-state index is 0.101. The number of likely N-dealkylation sites (N-methyl/N-ethyl adjacent to an activating group) is 1. The molecule has 2 N–H and O–H groups in total. The first-order valence-electron chi connectivity index (χ1n) is 15.5. The number of nitrogens with one attached hydrogen (secondary N) is 2. The van der Waals surface area contributed by atoms with Crippen LogP contribution >= 0.6 is 0 Å². The van der Waals surface area contributed by atoms with Gasteiger partial charge in [-0.3, -0.25) is 34.3 Å². The normalized spacial score (nSPS) is 20.8. The van der Waals surface area contributed by atoms with Crippen molar-refractivity contribution in [1.29, 1.82) is 0 Å². The van der Waals surface area contributed by atoms with E-state index in [9.17, 15) is 33.3 Å². The molecule has 45 heavy (non-hydrogen) atoms. The molecule has 15 heteroatoms. The third kappa shape index (κ3) is 7.64. The number of hydrogen-bond donors (Lipinski definition) is 2. The zero-order valence-electron chi connectivity index (χ0n) is 25.3. The van der Waals surface area contributed by atoms with Crippen LogP contribution in [0.25, 0.3) is 11.0 Å². The van der Waals surface area contributed by atoms with Gasteiger partial charge in [0.05, 0.1) is 28.6 Å². The lowest BCUT2D eigenvalue weighted by atomic mass is 9.84. The van der Waals surface area contributed by atoms with Crippen LogP contribution in [0, 0.1) is 16.0 Å². The number of hydrogen-bond acceptors (Lipinski definition) is 8. The predicted molar refractivity (Wildman–Crippen MR) is 160 cm³/mol. The molecule has 1 aromatic carbocycles. The van der Waals surface area contributed by atoms with Gasteiger partial charge in [0.2, 0.25) is 17.5 Å². The smallest absolute Gasteiger partial charge is 0.327 e. The molecule has 5 rings (SSSR count). The Hall–Kier alpha value is -3.98. The van der Waals surface area contributed by atoms with E-state index in [-0.39, 0.29) is 30.5 Å². The number of amides is 2. The fourth-order valence-corrected chi connectivity index (χ4v) is 6.43. The van der Waals surface area contributed by atoms with Gasteiger partial charge >= 0.3 is 11.4 Å². The number of para-hydroxylation sites is 1. The van der Waals surface area contributed by atoms with Crippen molar-refractivity contribution < 1.29 is 28.0 Å². The molecule has 0 radical (unpaired) electrons. The van der Waals surface area contributed by atoms with Crippen molar-refractivity contribution >= 4 is 28.5 Å². The van der Waals surface area contributed by atoms with E-state index in [1.165, 1.54) is 9.25 Å². The molecule has 0 spiro atoms. The second kappa shape index (κ2) is 14.4. The van der Waals surface area contributed by atoms with Gasteiger partial charge in [-0.2, -0.15) is 5.10 Å². The second-order valence-corrected chi connectivity index (χ2v) is 12.0. The first-order chi connectivity index (χ1) is 21.6. The van der Waals surface area contributed by atoms with Crippen molar-refractivity contribution in [3.8, 4) is 0 Å². The van der Waals surface area contributed by atoms with E-state index in [0.717, 1.165) is 63.4 Å². The number of H-pyrrole nitrogens is 1. The minimum Gasteiger partial charge on any atom is -0.380 e. The molecule has 1 saturated heterocycles. The van der Waals surface area contributed by atoms with Crippen LogP contribution in [0.4, 0.5) is 14.5 Å². The molecule has 1 saturated carbocycles. The molecule has 1 aliphatic heterocycles. The Morgan fingerprint density at radius 3 is 2.60 bits per heavy atom. The maximum Gasteiger partial charge on any atom is 0.327 e. The van der Waals surface area contributed by atoms with E-state index in [1.807, 2.05) is 19.2 Å². The van der Waals surface area contributed by atoms with Crippen molar-refractivity contribution in [2.45, 2.75) is 76.3 Å². The third-order valence-electron chi connectivity index (χ3n) is 8.97. The number of benzene rings is 1. The van der Waals surface area contributed by atoms with Gasteiger partial charge in [0, 0.05) is 19.6 Å². The number of rotatable bonds is 14. The Bertz CT molecular complexity index is 1580. The highest BCUT2D eigenvalue weighted by Crippen LogP contribution is 2.36. The SMILES string of the molecule is CN(CCOCCCc1cccc2c1[nH]c(=O)n2C1CCC(=O)NC1=O)CCC1CCC(n2cc([N+](=O)[O-])c(C(F)F)n2)CC1. The van der Waals surface area contributed by atoms with Crippen molar-refractivity contribution in [2.24, 2.45) is 5.92 Å². The number of nitrogens with zero attached hydrogens (tertiary/aromatic N) is 5. The van der Waals surface area contributed by atoms with Gasteiger partial charge in [0.15, 0.2) is 0 Å². The lowest BCUT2D eigenvalue weighted by molar-refractivity contribution is -0.386. The van der Waals surface area contributed by atoms with Crippen LogP contribution < -0.4 is 11.0 Å². The van der Waals surface area contributed by atoms with Crippen LogP contribution in [0.2, 0.25) is 0 Å². The molecule has 3 aromatic rings. The maximum absolute atomic E-state index is 13.1. The molecule has 244 valence electrons. The van der Waals surface area contributed by atoms with Gasteiger partial charge in [-0.15, -0.1) is 0 Å². The Balaban J connectivity index is 0.998. The van der Waals surface area contributed by atoms with Crippen LogP contribution in [0.5, 0.6) is 0 Å². The highest BCUT2D eigenvalue weighted by Gasteiger charge is 2.32. The Morgan fingerprint density at radius 2 is 1.91 bits per heavy atom. The molecule has 1 aliphatic carbocycles. The van der Waals surface area contributed by atoms with Gasteiger partial charge < -0.3 is 14.6 Å². The molecule has 2 aromatic heterocycles. The number of piperidine rings is 1. The van der Waals surface area contributed by atoms with E-state index in [1.54, 1.807) is 6.07 Å². The summed E-state index contributed by atoms with van der Waals surface area (Å²) in [5.74, 6) is -0.281. The number of aromatic amines is 1. The number of ether oxygens (including phenoxy) is 1. The summed E-state index contributed by atoms with van der Waals surface area (Å²) in [4.78, 5) is 52.1. The molecule has 2 fully saturated rings. The van der Waals surface area contributed by atoms with Crippen LogP contribution in [0.3, 0.4) is 0 Å². The van der Waals surface area contributed by atoms with Gasteiger partial charge in [0.25, 0.3) is 6.43 Å². The summed E-state index contributed by atoms with van der Waals surface area (Å²) in [5, 5.41) is 17.2. The summed E-state index contributed by atoms with van der Waals surface area (Å²) >= 11 is 0. The number of carbonyl (C=O) groups is 2. The van der Waals surface area contributed by atoms with Gasteiger partial charge in [-0.1, -0.05) is 12.1 Å². The largest absolute Gasteiger partial charge is 0.380 e. The highest BCUT2D eigenvalue weighted by atomic mass is 19.3. The van der Waals surface area contributed by atoms with Gasteiger partial charge in [-0.05, 0) is 82.5 Å². The summed E-state index contributed by atoms with van der Waals surface area (Å²) in [5.41, 5.74) is 0.560. The molecule has 1 unspecified atom stereocenters. The van der Waals surface area contributed by atoms with Crippen LogP contribution in [-0.4, -0.2) is 74.3 Å². The fraction of sp³-hybridized carbons (Fsp3) is 0.600. The number of imide groups is 1. The van der Waals surface area contributed by atoms with Gasteiger partial charge in [0.1, 0.15) is 12.2 Å². The number of carbonyl (C=O) groups excluding carboxylic acids is 2. The van der Waals surface area contributed by atoms with Crippen molar-refractivity contribution in [3.05, 3.63) is 56.3 Å². The van der Waals surface area contributed by atoms with E-state index in [2.05, 4.69) is 20.3 Å². The molecular weight excluding hydrogens is 592 g/mol. The Labute approximate surface area is 258 Å². The van der Waals surface area contributed by atoms with Crippen LogP contribution in [0.1, 0.15) is 81.1 Å². The van der Waals surface area contributed by atoms with Crippen LogP contribution in [0.15, 0.2) is 29.2 Å². The summed E-state index contributed by atoms with van der Waals surface area (Å²) in [6, 6.07) is 4.80. The minimum atomic E-state index is -2.98. The molecule has 3 heterocycles. The number of imidazole rings is 1. The average molecular weight is 632 g/mol. The summed E-state index contributed by atoms with van der Waals surface area (Å²) in [7, 11) is 2.05. The Morgan fingerprint density at radius 1 is 1.13 bits per heavy atom. The van der Waals surface area contributed by atoms with Crippen molar-refractivity contribution in [2.75, 3.05) is 33.4 Å². The molecule has 0 bridgehead atoms. The lowest BCUT2D eigenvalue weighted by Crippen LogP contribution is -2.43. The maximum atomic E-state index is 13.1. The first-order valence-corrected chi connectivity index (χ1v) is 15.5. The third-order valence-corrected chi connectivity index (χ3v) is 8.97. The summed E-state index contributed by atoms with van der Waals surface area (Å²) in [6.45, 7) is 2.83. The number of nitro groups is 1. The fourth-order valence-electron chi connectivity index (χ4n) is 6.43. The summed E-state index contributed by atoms with van der Waals surface area (Å²) < 4.78 is 35.0.